The number of allylic oxidation sites excluding steroid dienone is 5. The Hall–Kier alpha value is -1.48. The number of aliphatic hydroxyl groups excluding tert-OH is 2. The first kappa shape index (κ1) is 46.5. The van der Waals surface area contributed by atoms with Crippen LogP contribution >= 0.6 is 0 Å². The van der Waals surface area contributed by atoms with Gasteiger partial charge in [0.25, 0.3) is 10.1 Å². The van der Waals surface area contributed by atoms with E-state index in [4.69, 9.17) is 0 Å². The van der Waals surface area contributed by atoms with Gasteiger partial charge in [-0.3, -0.25) is 9.35 Å². The predicted octanol–water partition coefficient (Wildman–Crippen LogP) is 10.3. The average molecular weight is 698 g/mol. The summed E-state index contributed by atoms with van der Waals surface area (Å²) in [6.07, 6.45) is 40.6. The van der Waals surface area contributed by atoms with Crippen LogP contribution in [0.4, 0.5) is 0 Å². The van der Waals surface area contributed by atoms with Gasteiger partial charge in [0.1, 0.15) is 6.10 Å². The summed E-state index contributed by atoms with van der Waals surface area (Å²) in [5.74, 6) is -1.56. The van der Waals surface area contributed by atoms with Crippen molar-refractivity contribution in [1.82, 2.24) is 5.32 Å². The summed E-state index contributed by atoms with van der Waals surface area (Å²) >= 11 is 0. The number of hydrogen-bond donors (Lipinski definition) is 4. The second-order valence-corrected chi connectivity index (χ2v) is 15.2. The lowest BCUT2D eigenvalue weighted by molar-refractivity contribution is -0.130. The summed E-state index contributed by atoms with van der Waals surface area (Å²) in [6, 6.07) is -1.25. The summed E-state index contributed by atoms with van der Waals surface area (Å²) in [5.41, 5.74) is 0. The van der Waals surface area contributed by atoms with E-state index >= 15 is 0 Å². The van der Waals surface area contributed by atoms with Crippen LogP contribution in [0, 0.1) is 0 Å². The number of carbonyl (C=O) groups excluding carboxylic acids is 1. The molecule has 0 saturated carbocycles. The Kier molecular flexibility index (Phi) is 32.9. The van der Waals surface area contributed by atoms with Crippen LogP contribution in [0.2, 0.25) is 0 Å². The maximum Gasteiger partial charge on any atom is 0.267 e. The number of nitrogens with one attached hydrogen (secondary N) is 1. The smallest absolute Gasteiger partial charge is 0.267 e. The van der Waals surface area contributed by atoms with Gasteiger partial charge in [0.05, 0.1) is 17.9 Å². The molecule has 0 aromatic rings. The molecular weight excluding hydrogens is 623 g/mol. The lowest BCUT2D eigenvalue weighted by atomic mass is 10.0. The third-order valence-electron chi connectivity index (χ3n) is 8.90. The van der Waals surface area contributed by atoms with Crippen molar-refractivity contribution < 1.29 is 28.0 Å². The van der Waals surface area contributed by atoms with Crippen LogP contribution in [-0.4, -0.2) is 53.1 Å². The normalized spacial score (nSPS) is 14.4. The zero-order chi connectivity index (χ0) is 35.6. The van der Waals surface area contributed by atoms with Gasteiger partial charge >= 0.3 is 0 Å². The maximum absolute atomic E-state index is 12.6. The summed E-state index contributed by atoms with van der Waals surface area (Å²) in [5, 5.41) is 23.3. The van der Waals surface area contributed by atoms with Gasteiger partial charge in [-0.2, -0.15) is 8.42 Å². The average Bonchev–Trinajstić information content (AvgIpc) is 3.05. The first-order valence-corrected chi connectivity index (χ1v) is 21.4. The molecule has 0 aliphatic rings. The second kappa shape index (κ2) is 34.0. The maximum atomic E-state index is 12.6. The third-order valence-corrected chi connectivity index (χ3v) is 9.69. The Morgan fingerprint density at radius 3 is 1.38 bits per heavy atom. The fourth-order valence-corrected chi connectivity index (χ4v) is 6.57. The number of unbranched alkanes of at least 4 members (excludes halogenated alkanes) is 22. The SMILES string of the molecule is CCCCCC/C=C/CC/C=C/CC/C=C/C(O)C(CS(=O)(=O)O)NC(=O)C(O)CCCCCCCCCCCCCCCCCCC. The molecule has 4 N–H and O–H groups in total. The molecule has 7 nitrogen and oxygen atoms in total. The topological polar surface area (TPSA) is 124 Å². The van der Waals surface area contributed by atoms with Gasteiger partial charge in [0.2, 0.25) is 5.91 Å². The molecule has 282 valence electrons. The molecule has 3 atom stereocenters. The third kappa shape index (κ3) is 33.0. The van der Waals surface area contributed by atoms with E-state index in [0.29, 0.717) is 12.8 Å². The lowest BCUT2D eigenvalue weighted by Crippen LogP contribution is -2.50. The lowest BCUT2D eigenvalue weighted by Gasteiger charge is -2.22. The zero-order valence-electron chi connectivity index (χ0n) is 31.0. The number of rotatable bonds is 35. The fourth-order valence-electron chi connectivity index (χ4n) is 5.84. The molecular formula is C40H75NO6S. The van der Waals surface area contributed by atoms with Gasteiger partial charge in [-0.1, -0.05) is 179 Å². The first-order chi connectivity index (χ1) is 23.2. The monoisotopic (exact) mass is 698 g/mol. The Morgan fingerprint density at radius 1 is 0.562 bits per heavy atom. The molecule has 0 fully saturated rings. The molecule has 0 aliphatic carbocycles. The number of hydrogen-bond acceptors (Lipinski definition) is 5. The van der Waals surface area contributed by atoms with E-state index in [-0.39, 0.29) is 6.42 Å². The van der Waals surface area contributed by atoms with Gasteiger partial charge in [-0.05, 0) is 44.9 Å². The van der Waals surface area contributed by atoms with Gasteiger partial charge in [-0.25, -0.2) is 0 Å². The molecule has 0 aromatic heterocycles. The number of aliphatic hydroxyl groups is 2. The van der Waals surface area contributed by atoms with Crippen LogP contribution in [0.25, 0.3) is 0 Å². The van der Waals surface area contributed by atoms with Crippen LogP contribution in [0.15, 0.2) is 36.5 Å². The fraction of sp³-hybridized carbons (Fsp3) is 0.825. The molecule has 0 radical (unpaired) electrons. The molecule has 0 saturated heterocycles. The minimum absolute atomic E-state index is 0.274. The zero-order valence-corrected chi connectivity index (χ0v) is 31.8. The minimum Gasteiger partial charge on any atom is -0.387 e. The van der Waals surface area contributed by atoms with Crippen molar-refractivity contribution in [3.63, 3.8) is 0 Å². The quantitative estimate of drug-likeness (QED) is 0.0297. The molecule has 8 heteroatoms. The minimum atomic E-state index is -4.45. The molecule has 0 spiro atoms. The van der Waals surface area contributed by atoms with E-state index in [1.165, 1.54) is 115 Å². The second-order valence-electron chi connectivity index (χ2n) is 13.7. The molecule has 1 amide bonds. The van der Waals surface area contributed by atoms with Crippen molar-refractivity contribution in [2.75, 3.05) is 5.75 Å². The molecule has 48 heavy (non-hydrogen) atoms. The Bertz CT molecular complexity index is 917. The van der Waals surface area contributed by atoms with Gasteiger partial charge < -0.3 is 15.5 Å². The number of carbonyl (C=O) groups is 1. The summed E-state index contributed by atoms with van der Waals surface area (Å²) < 4.78 is 32.4. The van der Waals surface area contributed by atoms with E-state index in [1.54, 1.807) is 6.08 Å². The van der Waals surface area contributed by atoms with Gasteiger partial charge in [0.15, 0.2) is 0 Å². The Morgan fingerprint density at radius 2 is 0.938 bits per heavy atom. The van der Waals surface area contributed by atoms with Crippen LogP contribution in [0.3, 0.4) is 0 Å². The van der Waals surface area contributed by atoms with Crippen molar-refractivity contribution in [1.29, 1.82) is 0 Å². The highest BCUT2D eigenvalue weighted by Gasteiger charge is 2.27. The van der Waals surface area contributed by atoms with Gasteiger partial charge in [0, 0.05) is 0 Å². The molecule has 0 aliphatic heterocycles. The summed E-state index contributed by atoms with van der Waals surface area (Å²) in [7, 11) is -4.45. The van der Waals surface area contributed by atoms with Crippen molar-refractivity contribution in [3.05, 3.63) is 36.5 Å². The molecule has 0 heterocycles. The Balaban J connectivity index is 4.10. The largest absolute Gasteiger partial charge is 0.387 e. The Labute approximate surface area is 296 Å². The summed E-state index contributed by atoms with van der Waals surface area (Å²) in [6.45, 7) is 4.48. The van der Waals surface area contributed by atoms with Crippen molar-refractivity contribution >= 4 is 16.0 Å². The molecule has 0 rings (SSSR count). The molecule has 3 unspecified atom stereocenters. The van der Waals surface area contributed by atoms with E-state index in [0.717, 1.165) is 44.9 Å². The summed E-state index contributed by atoms with van der Waals surface area (Å²) in [4.78, 5) is 12.6. The van der Waals surface area contributed by atoms with E-state index in [1.807, 2.05) is 0 Å². The highest BCUT2D eigenvalue weighted by atomic mass is 32.2. The van der Waals surface area contributed by atoms with E-state index in [9.17, 15) is 28.0 Å². The van der Waals surface area contributed by atoms with Crippen LogP contribution in [0.1, 0.15) is 187 Å². The molecule has 0 bridgehead atoms. The van der Waals surface area contributed by atoms with E-state index < -0.39 is 40.0 Å². The predicted molar refractivity (Wildman–Crippen MR) is 204 cm³/mol. The molecule has 0 aromatic carbocycles. The highest BCUT2D eigenvalue weighted by Crippen LogP contribution is 2.15. The number of amides is 1. The van der Waals surface area contributed by atoms with Gasteiger partial charge in [-0.15, -0.1) is 0 Å². The van der Waals surface area contributed by atoms with Crippen molar-refractivity contribution in [2.45, 2.75) is 205 Å². The van der Waals surface area contributed by atoms with Crippen LogP contribution < -0.4 is 5.32 Å². The standard InChI is InChI=1S/C40H75NO6S/c1-3-5-7-9-11-13-15-17-19-20-21-23-25-27-29-31-33-35-39(43)40(44)41-37(36-48(45,46)47)38(42)34-32-30-28-26-24-22-18-16-14-12-10-8-6-4-2/h14,16,24,26,32,34,37-39,42-43H,3-13,15,17-23,25,27-31,33,35-36H2,1-2H3,(H,41,44)(H,45,46,47)/b16-14+,26-24+,34-32+. The highest BCUT2D eigenvalue weighted by molar-refractivity contribution is 7.85. The van der Waals surface area contributed by atoms with Crippen LogP contribution in [0.5, 0.6) is 0 Å². The van der Waals surface area contributed by atoms with E-state index in [2.05, 4.69) is 43.5 Å². The first-order valence-electron chi connectivity index (χ1n) is 19.8. The van der Waals surface area contributed by atoms with Crippen LogP contribution in [-0.2, 0) is 14.9 Å². The van der Waals surface area contributed by atoms with Crippen molar-refractivity contribution in [2.24, 2.45) is 0 Å². The van der Waals surface area contributed by atoms with Crippen molar-refractivity contribution in [3.8, 4) is 0 Å².